The van der Waals surface area contributed by atoms with E-state index in [1.807, 2.05) is 13.8 Å². The topological polar surface area (TPSA) is 24.5 Å². The van der Waals surface area contributed by atoms with E-state index in [1.54, 1.807) is 0 Å². The summed E-state index contributed by atoms with van der Waals surface area (Å²) in [6.07, 6.45) is 0.227. The molecule has 1 aliphatic rings. The normalized spacial score (nSPS) is 25.4. The van der Waals surface area contributed by atoms with E-state index in [1.165, 1.54) is 5.56 Å². The quantitative estimate of drug-likeness (QED) is 0.887. The number of nitrogens with one attached hydrogen (secondary N) is 1. The van der Waals surface area contributed by atoms with Gasteiger partial charge < -0.3 is 15.0 Å². The van der Waals surface area contributed by atoms with Crippen molar-refractivity contribution in [3.8, 4) is 5.75 Å². The maximum atomic E-state index is 5.68. The van der Waals surface area contributed by atoms with Crippen LogP contribution in [0.5, 0.6) is 5.75 Å². The van der Waals surface area contributed by atoms with Crippen LogP contribution in [0.25, 0.3) is 0 Å². The number of benzene rings is 1. The molecule has 0 amide bonds. The summed E-state index contributed by atoms with van der Waals surface area (Å²) in [6.45, 7) is 9.56. The lowest BCUT2D eigenvalue weighted by molar-refractivity contribution is 0.171. The zero-order valence-electron chi connectivity index (χ0n) is 11.9. The smallest absolute Gasteiger partial charge is 0.119 e. The van der Waals surface area contributed by atoms with Crippen LogP contribution in [-0.4, -0.2) is 37.7 Å². The van der Waals surface area contributed by atoms with Gasteiger partial charge in [-0.3, -0.25) is 0 Å². The highest BCUT2D eigenvalue weighted by Crippen LogP contribution is 2.26. The van der Waals surface area contributed by atoms with E-state index < -0.39 is 0 Å². The van der Waals surface area contributed by atoms with Gasteiger partial charge in [0.15, 0.2) is 0 Å². The summed E-state index contributed by atoms with van der Waals surface area (Å²) in [5.74, 6) is 0.946. The van der Waals surface area contributed by atoms with Gasteiger partial charge in [-0.1, -0.05) is 12.1 Å². The number of rotatable bonds is 3. The number of nitrogens with zero attached hydrogens (tertiary/aromatic N) is 1. The minimum absolute atomic E-state index is 0.0450. The van der Waals surface area contributed by atoms with Gasteiger partial charge in [0.25, 0.3) is 0 Å². The summed E-state index contributed by atoms with van der Waals surface area (Å²) >= 11 is 0. The van der Waals surface area contributed by atoms with Crippen molar-refractivity contribution in [1.82, 2.24) is 10.2 Å². The van der Waals surface area contributed by atoms with Gasteiger partial charge in [0.1, 0.15) is 5.75 Å². The molecule has 100 valence electrons. The van der Waals surface area contributed by atoms with Gasteiger partial charge in [-0.25, -0.2) is 0 Å². The molecule has 1 aliphatic heterocycles. The molecular formula is C15H24N2O. The lowest BCUT2D eigenvalue weighted by Crippen LogP contribution is -2.55. The number of hydrogen-bond acceptors (Lipinski definition) is 3. The van der Waals surface area contributed by atoms with Crippen LogP contribution < -0.4 is 10.1 Å². The summed E-state index contributed by atoms with van der Waals surface area (Å²) in [5.41, 5.74) is 1.37. The van der Waals surface area contributed by atoms with Gasteiger partial charge in [-0.2, -0.15) is 0 Å². The van der Waals surface area contributed by atoms with Crippen molar-refractivity contribution in [2.45, 2.75) is 32.4 Å². The average molecular weight is 248 g/mol. The van der Waals surface area contributed by atoms with E-state index in [4.69, 9.17) is 4.74 Å². The predicted molar refractivity (Wildman–Crippen MR) is 75.1 cm³/mol. The molecule has 1 fully saturated rings. The molecule has 0 aromatic heterocycles. The molecule has 1 atom stereocenters. The molecule has 0 saturated carbocycles. The molecule has 1 heterocycles. The van der Waals surface area contributed by atoms with Crippen LogP contribution in [0.3, 0.4) is 0 Å². The minimum Gasteiger partial charge on any atom is -0.491 e. The highest BCUT2D eigenvalue weighted by molar-refractivity contribution is 5.32. The first kappa shape index (κ1) is 13.4. The molecule has 0 bridgehead atoms. The Morgan fingerprint density at radius 1 is 1.28 bits per heavy atom. The summed E-state index contributed by atoms with van der Waals surface area (Å²) in [6, 6.07) is 8.47. The van der Waals surface area contributed by atoms with Crippen LogP contribution in [0.2, 0.25) is 0 Å². The van der Waals surface area contributed by atoms with Crippen LogP contribution in [0.1, 0.15) is 26.3 Å². The standard InChI is InChI=1S/C15H24N2O/c1-12(2)18-14-7-5-13(6-8-14)15(3)11-17(4)10-9-16-15/h5-8,12,16H,9-11H2,1-4H3. The Hall–Kier alpha value is -1.06. The van der Waals surface area contributed by atoms with Crippen molar-refractivity contribution in [1.29, 1.82) is 0 Å². The van der Waals surface area contributed by atoms with Gasteiger partial charge in [-0.05, 0) is 45.5 Å². The van der Waals surface area contributed by atoms with Crippen LogP contribution >= 0.6 is 0 Å². The molecule has 18 heavy (non-hydrogen) atoms. The fraction of sp³-hybridized carbons (Fsp3) is 0.600. The minimum atomic E-state index is 0.0450. The number of piperazine rings is 1. The van der Waals surface area contributed by atoms with E-state index >= 15 is 0 Å². The van der Waals surface area contributed by atoms with Gasteiger partial charge in [0.05, 0.1) is 11.6 Å². The second-order valence-electron chi connectivity index (χ2n) is 5.69. The summed E-state index contributed by atoms with van der Waals surface area (Å²) in [5, 5.41) is 3.62. The fourth-order valence-corrected chi connectivity index (χ4v) is 2.56. The Bertz CT molecular complexity index is 388. The van der Waals surface area contributed by atoms with Gasteiger partial charge >= 0.3 is 0 Å². The monoisotopic (exact) mass is 248 g/mol. The zero-order valence-corrected chi connectivity index (χ0v) is 11.9. The van der Waals surface area contributed by atoms with E-state index in [9.17, 15) is 0 Å². The van der Waals surface area contributed by atoms with Crippen molar-refractivity contribution in [2.24, 2.45) is 0 Å². The molecule has 1 saturated heterocycles. The third-order valence-electron chi connectivity index (χ3n) is 3.46. The molecule has 1 aromatic rings. The van der Waals surface area contributed by atoms with Crippen LogP contribution in [0.15, 0.2) is 24.3 Å². The Kier molecular flexibility index (Phi) is 3.93. The Morgan fingerprint density at radius 3 is 2.50 bits per heavy atom. The number of ether oxygens (including phenoxy) is 1. The SMILES string of the molecule is CC(C)Oc1ccc(C2(C)CN(C)CCN2)cc1. The largest absolute Gasteiger partial charge is 0.491 e. The van der Waals surface area contributed by atoms with Crippen molar-refractivity contribution in [3.05, 3.63) is 29.8 Å². The van der Waals surface area contributed by atoms with Crippen molar-refractivity contribution in [2.75, 3.05) is 26.7 Å². The Morgan fingerprint density at radius 2 is 1.94 bits per heavy atom. The molecule has 0 radical (unpaired) electrons. The predicted octanol–water partition coefficient (Wildman–Crippen LogP) is 2.22. The van der Waals surface area contributed by atoms with Crippen LogP contribution in [0, 0.1) is 0 Å². The second-order valence-corrected chi connectivity index (χ2v) is 5.69. The maximum Gasteiger partial charge on any atom is 0.119 e. The highest BCUT2D eigenvalue weighted by Gasteiger charge is 2.30. The first-order valence-electron chi connectivity index (χ1n) is 6.70. The Labute approximate surface area is 110 Å². The molecule has 0 aliphatic carbocycles. The third kappa shape index (κ3) is 3.03. The molecule has 3 nitrogen and oxygen atoms in total. The van der Waals surface area contributed by atoms with Crippen molar-refractivity contribution >= 4 is 0 Å². The molecule has 1 aromatic carbocycles. The summed E-state index contributed by atoms with van der Waals surface area (Å²) < 4.78 is 5.68. The molecule has 1 unspecified atom stereocenters. The molecular weight excluding hydrogens is 224 g/mol. The van der Waals surface area contributed by atoms with E-state index in [2.05, 4.69) is 48.5 Å². The summed E-state index contributed by atoms with van der Waals surface area (Å²) in [4.78, 5) is 2.37. The second kappa shape index (κ2) is 5.29. The zero-order chi connectivity index (χ0) is 13.2. The fourth-order valence-electron chi connectivity index (χ4n) is 2.56. The highest BCUT2D eigenvalue weighted by atomic mass is 16.5. The molecule has 0 spiro atoms. The van der Waals surface area contributed by atoms with Crippen molar-refractivity contribution < 1.29 is 4.74 Å². The number of hydrogen-bond donors (Lipinski definition) is 1. The molecule has 1 N–H and O–H groups in total. The summed E-state index contributed by atoms with van der Waals surface area (Å²) in [7, 11) is 2.18. The van der Waals surface area contributed by atoms with Gasteiger partial charge in [-0.15, -0.1) is 0 Å². The first-order chi connectivity index (χ1) is 8.49. The van der Waals surface area contributed by atoms with E-state index in [0.29, 0.717) is 0 Å². The Balaban J connectivity index is 2.13. The third-order valence-corrected chi connectivity index (χ3v) is 3.46. The molecule has 3 heteroatoms. The van der Waals surface area contributed by atoms with Gasteiger partial charge in [0, 0.05) is 19.6 Å². The maximum absolute atomic E-state index is 5.68. The van der Waals surface area contributed by atoms with Gasteiger partial charge in [0.2, 0.25) is 0 Å². The lowest BCUT2D eigenvalue weighted by Gasteiger charge is -2.40. The van der Waals surface area contributed by atoms with Crippen molar-refractivity contribution in [3.63, 3.8) is 0 Å². The first-order valence-corrected chi connectivity index (χ1v) is 6.70. The van der Waals surface area contributed by atoms with Crippen LogP contribution in [0.4, 0.5) is 0 Å². The van der Waals surface area contributed by atoms with E-state index in [-0.39, 0.29) is 11.6 Å². The number of likely N-dealkylation sites (N-methyl/N-ethyl adjacent to an activating group) is 1. The lowest BCUT2D eigenvalue weighted by atomic mass is 9.90. The average Bonchev–Trinajstić information content (AvgIpc) is 2.28. The molecule has 2 rings (SSSR count). The van der Waals surface area contributed by atoms with Crippen LogP contribution in [-0.2, 0) is 5.54 Å². The van der Waals surface area contributed by atoms with E-state index in [0.717, 1.165) is 25.4 Å².